The van der Waals surface area contributed by atoms with Gasteiger partial charge >= 0.3 is 0 Å². The van der Waals surface area contributed by atoms with Crippen LogP contribution in [-0.4, -0.2) is 37.3 Å². The van der Waals surface area contributed by atoms with Crippen LogP contribution in [0.4, 0.5) is 0 Å². The quantitative estimate of drug-likeness (QED) is 0.248. The second-order valence-electron chi connectivity index (χ2n) is 7.83. The van der Waals surface area contributed by atoms with E-state index in [4.69, 9.17) is 0 Å². The number of nitrogens with zero attached hydrogens (tertiary/aromatic N) is 3. The molecule has 0 unspecified atom stereocenters. The highest BCUT2D eigenvalue weighted by atomic mass is 32.2. The van der Waals surface area contributed by atoms with Gasteiger partial charge in [-0.3, -0.25) is 25.0 Å². The third kappa shape index (κ3) is 4.67. The third-order valence-corrected chi connectivity index (χ3v) is 6.43. The maximum atomic E-state index is 12.5. The van der Waals surface area contributed by atoms with Crippen molar-refractivity contribution in [1.82, 2.24) is 30.6 Å². The van der Waals surface area contributed by atoms with Crippen molar-refractivity contribution in [2.75, 3.05) is 5.75 Å². The minimum atomic E-state index is -0.381. The first kappa shape index (κ1) is 22.4. The van der Waals surface area contributed by atoms with Crippen molar-refractivity contribution < 1.29 is 9.59 Å². The first-order valence-electron chi connectivity index (χ1n) is 11.0. The summed E-state index contributed by atoms with van der Waals surface area (Å²) in [5, 5.41) is 10.5. The molecule has 0 fully saturated rings. The predicted molar refractivity (Wildman–Crippen MR) is 136 cm³/mol. The number of rotatable bonds is 6. The standard InChI is InChI=1S/C26H22N6O2S/c1-17-9-5-8-14-22(17)32-24(20-15-27-21-13-7-6-12-19(20)21)29-31-26(32)35-16-23(33)28-30-25(34)18-10-3-2-4-11-18/h2-15,27H,16H2,1H3,(H,28,33)(H,30,34). The first-order valence-corrected chi connectivity index (χ1v) is 12.0. The number of aromatic amines is 1. The van der Waals surface area contributed by atoms with E-state index in [9.17, 15) is 9.59 Å². The number of nitrogens with one attached hydrogen (secondary N) is 3. The Morgan fingerprint density at radius 1 is 0.914 bits per heavy atom. The Bertz CT molecular complexity index is 1510. The molecule has 0 atom stereocenters. The lowest BCUT2D eigenvalue weighted by molar-refractivity contribution is -0.119. The number of benzene rings is 3. The Balaban J connectivity index is 1.39. The van der Waals surface area contributed by atoms with Crippen LogP contribution in [0, 0.1) is 6.92 Å². The summed E-state index contributed by atoms with van der Waals surface area (Å²) in [7, 11) is 0. The van der Waals surface area contributed by atoms with Crippen molar-refractivity contribution in [3.05, 3.63) is 96.2 Å². The van der Waals surface area contributed by atoms with Crippen LogP contribution in [0.1, 0.15) is 15.9 Å². The Morgan fingerprint density at radius 2 is 1.66 bits per heavy atom. The normalized spacial score (nSPS) is 10.9. The van der Waals surface area contributed by atoms with E-state index in [1.54, 1.807) is 24.3 Å². The van der Waals surface area contributed by atoms with Gasteiger partial charge < -0.3 is 4.98 Å². The molecule has 2 amide bonds. The molecule has 0 aliphatic heterocycles. The summed E-state index contributed by atoms with van der Waals surface area (Å²) in [6, 6.07) is 24.7. The van der Waals surface area contributed by atoms with Gasteiger partial charge in [-0.2, -0.15) is 0 Å². The van der Waals surface area contributed by atoms with Gasteiger partial charge in [0.1, 0.15) is 0 Å². The molecule has 5 aromatic rings. The number of fused-ring (bicyclic) bond motifs is 1. The highest BCUT2D eigenvalue weighted by Gasteiger charge is 2.20. The van der Waals surface area contributed by atoms with Crippen molar-refractivity contribution in [2.24, 2.45) is 0 Å². The molecule has 0 aliphatic rings. The van der Waals surface area contributed by atoms with Crippen LogP contribution < -0.4 is 10.9 Å². The average molecular weight is 483 g/mol. The summed E-state index contributed by atoms with van der Waals surface area (Å²) in [5.74, 6) is -0.00888. The second kappa shape index (κ2) is 9.86. The molecule has 0 saturated heterocycles. The molecule has 174 valence electrons. The Morgan fingerprint density at radius 3 is 2.49 bits per heavy atom. The molecule has 5 rings (SSSR count). The van der Waals surface area contributed by atoms with Crippen LogP contribution in [0.5, 0.6) is 0 Å². The van der Waals surface area contributed by atoms with Gasteiger partial charge in [0.25, 0.3) is 5.91 Å². The lowest BCUT2D eigenvalue weighted by Gasteiger charge is -2.12. The second-order valence-corrected chi connectivity index (χ2v) is 8.78. The fourth-order valence-electron chi connectivity index (χ4n) is 3.78. The maximum Gasteiger partial charge on any atom is 0.269 e. The van der Waals surface area contributed by atoms with Gasteiger partial charge in [0, 0.05) is 28.2 Å². The summed E-state index contributed by atoms with van der Waals surface area (Å²) in [6.45, 7) is 2.02. The minimum absolute atomic E-state index is 0.0486. The van der Waals surface area contributed by atoms with Crippen LogP contribution in [0.15, 0.2) is 90.2 Å². The zero-order valence-corrected chi connectivity index (χ0v) is 19.7. The third-order valence-electron chi connectivity index (χ3n) is 5.50. The number of para-hydroxylation sites is 2. The average Bonchev–Trinajstić information content (AvgIpc) is 3.51. The summed E-state index contributed by atoms with van der Waals surface area (Å²) < 4.78 is 1.96. The van der Waals surface area contributed by atoms with E-state index in [0.717, 1.165) is 27.7 Å². The number of hydrogen-bond acceptors (Lipinski definition) is 5. The molecule has 9 heteroatoms. The molecule has 35 heavy (non-hydrogen) atoms. The van der Waals surface area contributed by atoms with Crippen LogP contribution in [-0.2, 0) is 4.79 Å². The van der Waals surface area contributed by atoms with E-state index >= 15 is 0 Å². The fraction of sp³-hybridized carbons (Fsp3) is 0.0769. The van der Waals surface area contributed by atoms with Gasteiger partial charge in [-0.05, 0) is 36.8 Å². The molecule has 8 nitrogen and oxygen atoms in total. The summed E-state index contributed by atoms with van der Waals surface area (Å²) in [4.78, 5) is 27.9. The molecule has 0 saturated carbocycles. The molecule has 0 aliphatic carbocycles. The minimum Gasteiger partial charge on any atom is -0.360 e. The van der Waals surface area contributed by atoms with E-state index in [1.165, 1.54) is 11.8 Å². The summed E-state index contributed by atoms with van der Waals surface area (Å²) in [6.07, 6.45) is 1.92. The van der Waals surface area contributed by atoms with Crippen LogP contribution >= 0.6 is 11.8 Å². The fourth-order valence-corrected chi connectivity index (χ4v) is 4.53. The number of H-pyrrole nitrogens is 1. The van der Waals surface area contributed by atoms with E-state index in [2.05, 4.69) is 26.0 Å². The highest BCUT2D eigenvalue weighted by molar-refractivity contribution is 7.99. The molecule has 0 bridgehead atoms. The Hall–Kier alpha value is -4.37. The topological polar surface area (TPSA) is 105 Å². The van der Waals surface area contributed by atoms with Gasteiger partial charge in [0.15, 0.2) is 11.0 Å². The van der Waals surface area contributed by atoms with Gasteiger partial charge in [0.05, 0.1) is 11.4 Å². The largest absolute Gasteiger partial charge is 0.360 e. The van der Waals surface area contributed by atoms with Crippen molar-refractivity contribution >= 4 is 34.5 Å². The number of amides is 2. The Labute approximate surface area is 205 Å². The lowest BCUT2D eigenvalue weighted by atomic mass is 10.1. The summed E-state index contributed by atoms with van der Waals surface area (Å²) >= 11 is 1.25. The molecule has 2 aromatic heterocycles. The van der Waals surface area contributed by atoms with Gasteiger partial charge in [0.2, 0.25) is 5.91 Å². The lowest BCUT2D eigenvalue weighted by Crippen LogP contribution is -2.42. The van der Waals surface area contributed by atoms with Gasteiger partial charge in [-0.25, -0.2) is 0 Å². The zero-order chi connectivity index (χ0) is 24.2. The zero-order valence-electron chi connectivity index (χ0n) is 18.9. The van der Waals surface area contributed by atoms with Gasteiger partial charge in [-0.15, -0.1) is 10.2 Å². The van der Waals surface area contributed by atoms with E-state index in [1.807, 2.05) is 72.3 Å². The first-order chi connectivity index (χ1) is 17.1. The van der Waals surface area contributed by atoms with Crippen LogP contribution in [0.2, 0.25) is 0 Å². The molecule has 3 N–H and O–H groups in total. The number of aryl methyl sites for hydroxylation is 1. The molecule has 3 aromatic carbocycles. The number of carbonyl (C=O) groups is 2. The molecule has 0 radical (unpaired) electrons. The number of thioether (sulfide) groups is 1. The highest BCUT2D eigenvalue weighted by Crippen LogP contribution is 2.33. The molecular weight excluding hydrogens is 460 g/mol. The monoisotopic (exact) mass is 482 g/mol. The molecular formula is C26H22N6O2S. The molecule has 2 heterocycles. The SMILES string of the molecule is Cc1ccccc1-n1c(SCC(=O)NNC(=O)c2ccccc2)nnc1-c1c[nH]c2ccccc12. The maximum absolute atomic E-state index is 12.5. The van der Waals surface area contributed by atoms with Gasteiger partial charge in [-0.1, -0.05) is 66.4 Å². The summed E-state index contributed by atoms with van der Waals surface area (Å²) in [5.41, 5.74) is 9.26. The number of carbonyl (C=O) groups excluding carboxylic acids is 2. The van der Waals surface area contributed by atoms with E-state index < -0.39 is 0 Å². The smallest absolute Gasteiger partial charge is 0.269 e. The number of aromatic nitrogens is 4. The van der Waals surface area contributed by atoms with Crippen molar-refractivity contribution in [3.63, 3.8) is 0 Å². The van der Waals surface area contributed by atoms with Crippen molar-refractivity contribution in [2.45, 2.75) is 12.1 Å². The number of hydrazine groups is 1. The van der Waals surface area contributed by atoms with Crippen molar-refractivity contribution in [1.29, 1.82) is 0 Å². The van der Waals surface area contributed by atoms with E-state index in [0.29, 0.717) is 16.5 Å². The predicted octanol–water partition coefficient (Wildman–Crippen LogP) is 4.28. The molecule has 0 spiro atoms. The van der Waals surface area contributed by atoms with E-state index in [-0.39, 0.29) is 17.6 Å². The van der Waals surface area contributed by atoms with Crippen molar-refractivity contribution in [3.8, 4) is 17.1 Å². The number of hydrogen-bond donors (Lipinski definition) is 3. The van der Waals surface area contributed by atoms with Crippen LogP contribution in [0.25, 0.3) is 28.0 Å². The van der Waals surface area contributed by atoms with Crippen LogP contribution in [0.3, 0.4) is 0 Å². The Kier molecular flexibility index (Phi) is 6.32.